The van der Waals surface area contributed by atoms with Gasteiger partial charge >= 0.3 is 0 Å². The minimum atomic E-state index is 0.226. The van der Waals surface area contributed by atoms with Gasteiger partial charge in [-0.25, -0.2) is 0 Å². The number of nitrogens with zero attached hydrogens (tertiary/aromatic N) is 3. The van der Waals surface area contributed by atoms with Crippen LogP contribution in [0.1, 0.15) is 13.8 Å². The quantitative estimate of drug-likeness (QED) is 0.837. The summed E-state index contributed by atoms with van der Waals surface area (Å²) >= 11 is 1.82. The normalized spacial score (nSPS) is 18.4. The summed E-state index contributed by atoms with van der Waals surface area (Å²) in [6.07, 6.45) is 0. The Morgan fingerprint density at radius 3 is 2.50 bits per heavy atom. The van der Waals surface area contributed by atoms with Gasteiger partial charge in [0.2, 0.25) is 5.91 Å². The Hall–Kier alpha value is -1.82. The van der Waals surface area contributed by atoms with Crippen LogP contribution in [0.5, 0.6) is 5.75 Å². The molecular weight excluding hydrogens is 322 g/mol. The van der Waals surface area contributed by atoms with Crippen molar-refractivity contribution in [2.75, 3.05) is 50.6 Å². The number of rotatable bonds is 4. The Balaban J connectivity index is 1.56. The molecule has 0 spiro atoms. The Labute approximate surface area is 148 Å². The highest BCUT2D eigenvalue weighted by molar-refractivity contribution is 8.03. The molecule has 6 heteroatoms. The molecule has 0 unspecified atom stereocenters. The molecule has 1 amide bonds. The first-order chi connectivity index (χ1) is 11.6. The molecule has 0 aromatic heterocycles. The smallest absolute Gasteiger partial charge is 0.242 e. The van der Waals surface area contributed by atoms with Crippen LogP contribution in [0.2, 0.25) is 0 Å². The van der Waals surface area contributed by atoms with Gasteiger partial charge in [-0.05, 0) is 26.0 Å². The van der Waals surface area contributed by atoms with Crippen LogP contribution in [0.3, 0.4) is 0 Å². The minimum Gasteiger partial charge on any atom is -0.495 e. The Kier molecular flexibility index (Phi) is 5.23. The average molecular weight is 347 g/mol. The second-order valence-corrected chi connectivity index (χ2v) is 7.31. The molecule has 0 aliphatic carbocycles. The van der Waals surface area contributed by atoms with Gasteiger partial charge in [-0.15, -0.1) is 11.8 Å². The summed E-state index contributed by atoms with van der Waals surface area (Å²) < 4.78 is 5.45. The summed E-state index contributed by atoms with van der Waals surface area (Å²) in [5.41, 5.74) is 2.35. The van der Waals surface area contributed by atoms with Crippen LogP contribution < -0.4 is 9.64 Å². The highest BCUT2D eigenvalue weighted by Gasteiger charge is 2.26. The van der Waals surface area contributed by atoms with E-state index in [0.717, 1.165) is 43.5 Å². The summed E-state index contributed by atoms with van der Waals surface area (Å²) in [5, 5.41) is 0. The predicted molar refractivity (Wildman–Crippen MR) is 99.3 cm³/mol. The summed E-state index contributed by atoms with van der Waals surface area (Å²) in [6.45, 7) is 7.92. The summed E-state index contributed by atoms with van der Waals surface area (Å²) in [6, 6.07) is 8.07. The lowest BCUT2D eigenvalue weighted by molar-refractivity contribution is -0.132. The SMILES string of the molecule is COc1ccccc1N1CCN(C(=O)CN2CSC(C)=C2C)CC1. The van der Waals surface area contributed by atoms with Crippen LogP contribution >= 0.6 is 11.8 Å². The molecule has 2 aliphatic heterocycles. The number of piperazine rings is 1. The highest BCUT2D eigenvalue weighted by Crippen LogP contribution is 2.31. The van der Waals surface area contributed by atoms with E-state index in [-0.39, 0.29) is 5.91 Å². The van der Waals surface area contributed by atoms with Crippen molar-refractivity contribution in [3.8, 4) is 5.75 Å². The van der Waals surface area contributed by atoms with Crippen molar-refractivity contribution in [1.82, 2.24) is 9.80 Å². The van der Waals surface area contributed by atoms with Crippen molar-refractivity contribution in [1.29, 1.82) is 0 Å². The maximum Gasteiger partial charge on any atom is 0.242 e. The molecule has 5 nitrogen and oxygen atoms in total. The molecule has 2 heterocycles. The fraction of sp³-hybridized carbons (Fsp3) is 0.500. The van der Waals surface area contributed by atoms with Crippen LogP contribution in [0.4, 0.5) is 5.69 Å². The van der Waals surface area contributed by atoms with Crippen molar-refractivity contribution >= 4 is 23.4 Å². The molecule has 0 bridgehead atoms. The third-order valence-corrected chi connectivity index (χ3v) is 5.97. The Bertz CT molecular complexity index is 639. The number of hydrogen-bond donors (Lipinski definition) is 0. The predicted octanol–water partition coefficient (Wildman–Crippen LogP) is 2.60. The van der Waals surface area contributed by atoms with Gasteiger partial charge in [0.05, 0.1) is 25.2 Å². The highest BCUT2D eigenvalue weighted by atomic mass is 32.2. The van der Waals surface area contributed by atoms with Crippen LogP contribution in [-0.2, 0) is 4.79 Å². The van der Waals surface area contributed by atoms with E-state index >= 15 is 0 Å². The first kappa shape index (κ1) is 17.0. The van der Waals surface area contributed by atoms with Gasteiger partial charge < -0.3 is 19.4 Å². The van der Waals surface area contributed by atoms with Gasteiger partial charge in [0.15, 0.2) is 0 Å². The molecule has 1 aromatic rings. The van der Waals surface area contributed by atoms with E-state index in [1.165, 1.54) is 10.6 Å². The molecule has 130 valence electrons. The third kappa shape index (κ3) is 3.48. The van der Waals surface area contributed by atoms with Crippen molar-refractivity contribution in [3.63, 3.8) is 0 Å². The molecule has 1 fully saturated rings. The molecule has 0 atom stereocenters. The van der Waals surface area contributed by atoms with E-state index in [1.54, 1.807) is 7.11 Å². The number of methoxy groups -OCH3 is 1. The van der Waals surface area contributed by atoms with E-state index < -0.39 is 0 Å². The summed E-state index contributed by atoms with van der Waals surface area (Å²) in [5.74, 6) is 2.01. The maximum absolute atomic E-state index is 12.6. The number of carbonyl (C=O) groups is 1. The van der Waals surface area contributed by atoms with Crippen LogP contribution in [0.25, 0.3) is 0 Å². The number of hydrogen-bond acceptors (Lipinski definition) is 5. The van der Waals surface area contributed by atoms with Gasteiger partial charge in [-0.1, -0.05) is 12.1 Å². The monoisotopic (exact) mass is 347 g/mol. The summed E-state index contributed by atoms with van der Waals surface area (Å²) in [4.78, 5) is 20.4. The fourth-order valence-electron chi connectivity index (χ4n) is 3.11. The first-order valence-electron chi connectivity index (χ1n) is 8.31. The van der Waals surface area contributed by atoms with Gasteiger partial charge in [-0.3, -0.25) is 4.79 Å². The number of ether oxygens (including phenoxy) is 1. The Morgan fingerprint density at radius 2 is 1.88 bits per heavy atom. The van der Waals surface area contributed by atoms with Crippen molar-refractivity contribution in [2.24, 2.45) is 0 Å². The van der Waals surface area contributed by atoms with Crippen molar-refractivity contribution < 1.29 is 9.53 Å². The fourth-order valence-corrected chi connectivity index (χ4v) is 4.09. The van der Waals surface area contributed by atoms with Crippen LogP contribution in [0.15, 0.2) is 34.9 Å². The molecule has 0 radical (unpaired) electrons. The lowest BCUT2D eigenvalue weighted by Gasteiger charge is -2.37. The van der Waals surface area contributed by atoms with E-state index in [1.807, 2.05) is 34.9 Å². The zero-order chi connectivity index (χ0) is 17.1. The zero-order valence-electron chi connectivity index (χ0n) is 14.6. The third-order valence-electron chi connectivity index (χ3n) is 4.81. The largest absolute Gasteiger partial charge is 0.495 e. The van der Waals surface area contributed by atoms with Crippen LogP contribution in [0, 0.1) is 0 Å². The number of benzene rings is 1. The number of anilines is 1. The van der Waals surface area contributed by atoms with Crippen molar-refractivity contribution in [2.45, 2.75) is 13.8 Å². The average Bonchev–Trinajstić information content (AvgIpc) is 2.94. The lowest BCUT2D eigenvalue weighted by atomic mass is 10.2. The molecule has 1 aromatic carbocycles. The molecule has 0 N–H and O–H groups in total. The van der Waals surface area contributed by atoms with E-state index in [4.69, 9.17) is 4.74 Å². The number of amides is 1. The van der Waals surface area contributed by atoms with Gasteiger partial charge in [0.25, 0.3) is 0 Å². The second kappa shape index (κ2) is 7.38. The second-order valence-electron chi connectivity index (χ2n) is 6.15. The first-order valence-corrected chi connectivity index (χ1v) is 9.29. The number of allylic oxidation sites excluding steroid dienone is 2. The number of thioether (sulfide) groups is 1. The van der Waals surface area contributed by atoms with E-state index in [9.17, 15) is 4.79 Å². The molecular formula is C18H25N3O2S. The number of carbonyl (C=O) groups excluding carboxylic acids is 1. The zero-order valence-corrected chi connectivity index (χ0v) is 15.4. The minimum absolute atomic E-state index is 0.226. The standard InChI is InChI=1S/C18H25N3O2S/c1-14-15(2)24-13-21(14)12-18(22)20-10-8-19(9-11-20)16-6-4-5-7-17(16)23-3/h4-7H,8-13H2,1-3H3. The van der Waals surface area contributed by atoms with Crippen molar-refractivity contribution in [3.05, 3.63) is 34.9 Å². The van der Waals surface area contributed by atoms with Gasteiger partial charge in [0, 0.05) is 36.8 Å². The van der Waals surface area contributed by atoms with Crippen LogP contribution in [-0.4, -0.2) is 61.4 Å². The molecule has 24 heavy (non-hydrogen) atoms. The molecule has 2 aliphatic rings. The van der Waals surface area contributed by atoms with Gasteiger partial charge in [0.1, 0.15) is 5.75 Å². The van der Waals surface area contributed by atoms with E-state index in [0.29, 0.717) is 6.54 Å². The van der Waals surface area contributed by atoms with Gasteiger partial charge in [-0.2, -0.15) is 0 Å². The van der Waals surface area contributed by atoms with E-state index in [2.05, 4.69) is 29.7 Å². The molecule has 0 saturated carbocycles. The molecule has 1 saturated heterocycles. The number of para-hydroxylation sites is 2. The summed E-state index contributed by atoms with van der Waals surface area (Å²) in [7, 11) is 1.70. The molecule has 3 rings (SSSR count). The Morgan fingerprint density at radius 1 is 1.17 bits per heavy atom. The topological polar surface area (TPSA) is 36.0 Å². The maximum atomic E-state index is 12.6. The lowest BCUT2D eigenvalue weighted by Crippen LogP contribution is -2.51.